The van der Waals surface area contributed by atoms with E-state index in [0.717, 1.165) is 16.7 Å². The van der Waals surface area contributed by atoms with Gasteiger partial charge in [0.15, 0.2) is 23.0 Å². The van der Waals surface area contributed by atoms with Crippen LogP contribution in [0, 0.1) is 0 Å². The lowest BCUT2D eigenvalue weighted by Crippen LogP contribution is -2.04. The topological polar surface area (TPSA) is 74.2 Å². The molecule has 0 aliphatic carbocycles. The summed E-state index contributed by atoms with van der Waals surface area (Å²) < 4.78 is 21.8. The van der Waals surface area contributed by atoms with Crippen molar-refractivity contribution in [3.8, 4) is 34.1 Å². The number of carboxylic acids is 1. The Morgan fingerprint density at radius 2 is 1.92 bits per heavy atom. The van der Waals surface area contributed by atoms with Gasteiger partial charge in [-0.1, -0.05) is 13.0 Å². The molecule has 0 spiro atoms. The van der Waals surface area contributed by atoms with Gasteiger partial charge in [0.2, 0.25) is 6.79 Å². The molecular weight excluding hydrogens is 324 g/mol. The van der Waals surface area contributed by atoms with Crippen LogP contribution >= 0.6 is 0 Å². The van der Waals surface area contributed by atoms with Crippen LogP contribution in [0.2, 0.25) is 0 Å². The summed E-state index contributed by atoms with van der Waals surface area (Å²) in [5.74, 6) is 1.52. The second kappa shape index (κ2) is 6.93. The first-order valence-corrected chi connectivity index (χ1v) is 7.91. The Morgan fingerprint density at radius 1 is 1.16 bits per heavy atom. The van der Waals surface area contributed by atoms with E-state index < -0.39 is 5.97 Å². The molecule has 1 heterocycles. The van der Waals surface area contributed by atoms with Gasteiger partial charge in [0.25, 0.3) is 0 Å². The van der Waals surface area contributed by atoms with Gasteiger partial charge in [-0.05, 0) is 41.3 Å². The molecular formula is C19H20O6. The molecule has 3 rings (SSSR count). The summed E-state index contributed by atoms with van der Waals surface area (Å²) in [6.45, 7) is 2.08. The Kier molecular flexibility index (Phi) is 4.70. The Balaban J connectivity index is 2.11. The molecule has 1 aliphatic heterocycles. The summed E-state index contributed by atoms with van der Waals surface area (Å²) in [6, 6.07) is 9.40. The maximum Gasteiger partial charge on any atom is 0.303 e. The van der Waals surface area contributed by atoms with E-state index in [-0.39, 0.29) is 19.1 Å². The molecule has 0 bridgehead atoms. The highest BCUT2D eigenvalue weighted by Crippen LogP contribution is 2.44. The molecule has 1 unspecified atom stereocenters. The van der Waals surface area contributed by atoms with Crippen molar-refractivity contribution in [3.05, 3.63) is 35.9 Å². The second-order valence-electron chi connectivity index (χ2n) is 5.87. The molecule has 0 aromatic heterocycles. The zero-order chi connectivity index (χ0) is 18.0. The van der Waals surface area contributed by atoms with E-state index in [1.807, 2.05) is 37.3 Å². The lowest BCUT2D eigenvalue weighted by molar-refractivity contribution is -0.137. The van der Waals surface area contributed by atoms with Crippen molar-refractivity contribution >= 4 is 5.97 Å². The number of benzene rings is 2. The Morgan fingerprint density at radius 3 is 2.60 bits per heavy atom. The third kappa shape index (κ3) is 3.33. The van der Waals surface area contributed by atoms with Gasteiger partial charge in [0.1, 0.15) is 0 Å². The molecule has 0 saturated heterocycles. The molecule has 0 radical (unpaired) electrons. The summed E-state index contributed by atoms with van der Waals surface area (Å²) in [5, 5.41) is 9.08. The van der Waals surface area contributed by atoms with Crippen LogP contribution in [0.5, 0.6) is 23.0 Å². The fourth-order valence-electron chi connectivity index (χ4n) is 2.93. The SMILES string of the molecule is COc1cc(C(C)CC(=O)O)cc(-c2ccc3c(c2)OCO3)c1OC. The largest absolute Gasteiger partial charge is 0.493 e. The van der Waals surface area contributed by atoms with Crippen LogP contribution in [0.25, 0.3) is 11.1 Å². The molecule has 1 atom stereocenters. The zero-order valence-electron chi connectivity index (χ0n) is 14.4. The number of carboxylic acid groups (broad SMARTS) is 1. The van der Waals surface area contributed by atoms with Crippen LogP contribution in [0.4, 0.5) is 0 Å². The molecule has 132 valence electrons. The standard InChI is InChI=1S/C19H20O6/c1-11(6-18(20)21)13-7-14(19(23-3)17(9-13)22-2)12-4-5-15-16(8-12)25-10-24-15/h4-5,7-9,11H,6,10H2,1-3H3,(H,20,21). The van der Waals surface area contributed by atoms with Gasteiger partial charge in [-0.25, -0.2) is 0 Å². The maximum atomic E-state index is 11.1. The van der Waals surface area contributed by atoms with E-state index in [0.29, 0.717) is 23.0 Å². The first-order valence-electron chi connectivity index (χ1n) is 7.91. The summed E-state index contributed by atoms with van der Waals surface area (Å²) in [5.41, 5.74) is 2.56. The first kappa shape index (κ1) is 17.0. The van der Waals surface area contributed by atoms with E-state index >= 15 is 0 Å². The van der Waals surface area contributed by atoms with Crippen LogP contribution in [0.3, 0.4) is 0 Å². The Hall–Kier alpha value is -2.89. The molecule has 25 heavy (non-hydrogen) atoms. The van der Waals surface area contributed by atoms with Crippen molar-refractivity contribution in [1.29, 1.82) is 0 Å². The van der Waals surface area contributed by atoms with Gasteiger partial charge in [0, 0.05) is 5.56 Å². The highest BCUT2D eigenvalue weighted by molar-refractivity contribution is 5.77. The number of carbonyl (C=O) groups is 1. The van der Waals surface area contributed by atoms with Crippen LogP contribution in [-0.2, 0) is 4.79 Å². The van der Waals surface area contributed by atoms with Crippen molar-refractivity contribution < 1.29 is 28.8 Å². The van der Waals surface area contributed by atoms with E-state index in [1.165, 1.54) is 0 Å². The van der Waals surface area contributed by atoms with E-state index in [1.54, 1.807) is 14.2 Å². The number of aliphatic carboxylic acids is 1. The van der Waals surface area contributed by atoms with Crippen molar-refractivity contribution in [3.63, 3.8) is 0 Å². The van der Waals surface area contributed by atoms with E-state index in [4.69, 9.17) is 24.1 Å². The predicted molar refractivity (Wildman–Crippen MR) is 91.8 cm³/mol. The molecule has 1 aliphatic rings. The monoisotopic (exact) mass is 344 g/mol. The number of hydrogen-bond donors (Lipinski definition) is 1. The van der Waals surface area contributed by atoms with Crippen LogP contribution in [-0.4, -0.2) is 32.1 Å². The minimum absolute atomic E-state index is 0.0378. The fraction of sp³-hybridized carbons (Fsp3) is 0.316. The number of ether oxygens (including phenoxy) is 4. The minimum atomic E-state index is -0.841. The van der Waals surface area contributed by atoms with Gasteiger partial charge >= 0.3 is 5.97 Å². The first-order chi connectivity index (χ1) is 12.0. The Labute approximate surface area is 145 Å². The number of methoxy groups -OCH3 is 2. The normalized spacial score (nSPS) is 13.4. The molecule has 2 aromatic rings. The van der Waals surface area contributed by atoms with Gasteiger partial charge < -0.3 is 24.1 Å². The highest BCUT2D eigenvalue weighted by Gasteiger charge is 2.20. The van der Waals surface area contributed by atoms with Gasteiger partial charge in [0.05, 0.1) is 20.6 Å². The molecule has 6 nitrogen and oxygen atoms in total. The van der Waals surface area contributed by atoms with Crippen LogP contribution < -0.4 is 18.9 Å². The summed E-state index contributed by atoms with van der Waals surface area (Å²) >= 11 is 0. The minimum Gasteiger partial charge on any atom is -0.493 e. The number of fused-ring (bicyclic) bond motifs is 1. The van der Waals surface area contributed by atoms with Crippen molar-refractivity contribution in [2.45, 2.75) is 19.3 Å². The van der Waals surface area contributed by atoms with Crippen LogP contribution in [0.15, 0.2) is 30.3 Å². The van der Waals surface area contributed by atoms with Crippen LogP contribution in [0.1, 0.15) is 24.8 Å². The third-order valence-corrected chi connectivity index (χ3v) is 4.23. The van der Waals surface area contributed by atoms with Gasteiger partial charge in [-0.3, -0.25) is 4.79 Å². The molecule has 6 heteroatoms. The van der Waals surface area contributed by atoms with E-state index in [2.05, 4.69) is 0 Å². The lowest BCUT2D eigenvalue weighted by atomic mass is 9.92. The summed E-state index contributed by atoms with van der Waals surface area (Å²) in [7, 11) is 3.14. The quantitative estimate of drug-likeness (QED) is 0.862. The molecule has 2 aromatic carbocycles. The smallest absolute Gasteiger partial charge is 0.303 e. The highest BCUT2D eigenvalue weighted by atomic mass is 16.7. The van der Waals surface area contributed by atoms with Crippen molar-refractivity contribution in [1.82, 2.24) is 0 Å². The number of rotatable bonds is 6. The second-order valence-corrected chi connectivity index (χ2v) is 5.87. The maximum absolute atomic E-state index is 11.1. The predicted octanol–water partition coefficient (Wildman–Crippen LogP) is 3.68. The lowest BCUT2D eigenvalue weighted by Gasteiger charge is -2.18. The molecule has 0 saturated carbocycles. The average molecular weight is 344 g/mol. The summed E-state index contributed by atoms with van der Waals surface area (Å²) in [6.07, 6.45) is 0.0378. The van der Waals surface area contributed by atoms with E-state index in [9.17, 15) is 4.79 Å². The third-order valence-electron chi connectivity index (χ3n) is 4.23. The molecule has 1 N–H and O–H groups in total. The van der Waals surface area contributed by atoms with Crippen molar-refractivity contribution in [2.75, 3.05) is 21.0 Å². The van der Waals surface area contributed by atoms with Crippen molar-refractivity contribution in [2.24, 2.45) is 0 Å². The number of hydrogen-bond acceptors (Lipinski definition) is 5. The summed E-state index contributed by atoms with van der Waals surface area (Å²) in [4.78, 5) is 11.1. The molecule has 0 amide bonds. The average Bonchev–Trinajstić information content (AvgIpc) is 3.07. The van der Waals surface area contributed by atoms with Gasteiger partial charge in [-0.2, -0.15) is 0 Å². The Bertz CT molecular complexity index is 799. The zero-order valence-corrected chi connectivity index (χ0v) is 14.4. The van der Waals surface area contributed by atoms with Gasteiger partial charge in [-0.15, -0.1) is 0 Å². The fourth-order valence-corrected chi connectivity index (χ4v) is 2.93. The molecule has 0 fully saturated rings.